The molecule has 1 N–H and O–H groups in total. The fourth-order valence-corrected chi connectivity index (χ4v) is 1.12. The van der Waals surface area contributed by atoms with Crippen LogP contribution in [0.4, 0.5) is 5.69 Å². The standard InChI is InChI=1S/C9H9NO4/c1-5-3-7(6(2)11)8(10(13)14)4-9(5)12/h3-4,12H,1-2H3. The van der Waals surface area contributed by atoms with Crippen molar-refractivity contribution in [2.75, 3.05) is 0 Å². The van der Waals surface area contributed by atoms with Crippen molar-refractivity contribution < 1.29 is 14.8 Å². The van der Waals surface area contributed by atoms with E-state index in [9.17, 15) is 20.0 Å². The largest absolute Gasteiger partial charge is 0.507 e. The molecule has 0 aliphatic heterocycles. The normalized spacial score (nSPS) is 9.86. The molecule has 0 aliphatic rings. The molecule has 0 amide bonds. The van der Waals surface area contributed by atoms with Gasteiger partial charge in [0.2, 0.25) is 0 Å². The van der Waals surface area contributed by atoms with Gasteiger partial charge in [0, 0.05) is 0 Å². The third kappa shape index (κ3) is 1.71. The first-order valence-corrected chi connectivity index (χ1v) is 3.92. The third-order valence-corrected chi connectivity index (χ3v) is 1.89. The topological polar surface area (TPSA) is 80.4 Å². The van der Waals surface area contributed by atoms with E-state index in [1.54, 1.807) is 6.92 Å². The number of aromatic hydroxyl groups is 1. The summed E-state index contributed by atoms with van der Waals surface area (Å²) in [5.74, 6) is -0.568. The van der Waals surface area contributed by atoms with E-state index in [0.717, 1.165) is 6.07 Å². The summed E-state index contributed by atoms with van der Waals surface area (Å²) in [5, 5.41) is 19.8. The second-order valence-electron chi connectivity index (χ2n) is 2.97. The van der Waals surface area contributed by atoms with Gasteiger partial charge in [-0.2, -0.15) is 0 Å². The molecule has 5 nitrogen and oxygen atoms in total. The minimum absolute atomic E-state index is 0.0188. The molecule has 0 fully saturated rings. The van der Waals surface area contributed by atoms with Crippen LogP contribution in [0, 0.1) is 17.0 Å². The second kappa shape index (κ2) is 3.45. The number of ketones is 1. The molecular weight excluding hydrogens is 186 g/mol. The molecular formula is C9H9NO4. The predicted octanol–water partition coefficient (Wildman–Crippen LogP) is 1.81. The summed E-state index contributed by atoms with van der Waals surface area (Å²) in [6, 6.07) is 2.31. The first-order chi connectivity index (χ1) is 6.43. The highest BCUT2D eigenvalue weighted by Gasteiger charge is 2.19. The van der Waals surface area contributed by atoms with Crippen LogP contribution < -0.4 is 0 Å². The highest BCUT2D eigenvalue weighted by Crippen LogP contribution is 2.27. The lowest BCUT2D eigenvalue weighted by Crippen LogP contribution is -2.00. The minimum Gasteiger partial charge on any atom is -0.507 e. The maximum absolute atomic E-state index is 11.0. The Labute approximate surface area is 80.1 Å². The Bertz CT molecular complexity index is 373. The molecule has 0 unspecified atom stereocenters. The van der Waals surface area contributed by atoms with Gasteiger partial charge in [0.25, 0.3) is 5.69 Å². The maximum Gasteiger partial charge on any atom is 0.283 e. The van der Waals surface area contributed by atoms with Gasteiger partial charge < -0.3 is 5.11 Å². The van der Waals surface area contributed by atoms with Gasteiger partial charge in [-0.05, 0) is 25.5 Å². The molecule has 0 aliphatic carbocycles. The molecule has 14 heavy (non-hydrogen) atoms. The van der Waals surface area contributed by atoms with Gasteiger partial charge in [-0.3, -0.25) is 14.9 Å². The van der Waals surface area contributed by atoms with Crippen molar-refractivity contribution in [3.63, 3.8) is 0 Å². The lowest BCUT2D eigenvalue weighted by molar-refractivity contribution is -0.385. The zero-order valence-corrected chi connectivity index (χ0v) is 7.77. The van der Waals surface area contributed by atoms with Crippen molar-refractivity contribution in [2.45, 2.75) is 13.8 Å². The summed E-state index contributed by atoms with van der Waals surface area (Å²) in [7, 11) is 0. The SMILES string of the molecule is CC(=O)c1cc(C)c(O)cc1[N+](=O)[O-]. The van der Waals surface area contributed by atoms with Gasteiger partial charge >= 0.3 is 0 Å². The van der Waals surface area contributed by atoms with Crippen molar-refractivity contribution in [2.24, 2.45) is 0 Å². The van der Waals surface area contributed by atoms with E-state index in [2.05, 4.69) is 0 Å². The van der Waals surface area contributed by atoms with Gasteiger partial charge in [-0.25, -0.2) is 0 Å². The molecule has 5 heteroatoms. The molecule has 74 valence electrons. The summed E-state index contributed by atoms with van der Waals surface area (Å²) >= 11 is 0. The number of phenolic OH excluding ortho intramolecular Hbond substituents is 1. The number of rotatable bonds is 2. The van der Waals surface area contributed by atoms with E-state index in [-0.39, 0.29) is 22.8 Å². The third-order valence-electron chi connectivity index (χ3n) is 1.89. The average molecular weight is 195 g/mol. The van der Waals surface area contributed by atoms with Gasteiger partial charge in [0.05, 0.1) is 16.6 Å². The highest BCUT2D eigenvalue weighted by atomic mass is 16.6. The zero-order chi connectivity index (χ0) is 10.9. The Hall–Kier alpha value is -1.91. The summed E-state index contributed by atoms with van der Waals surface area (Å²) < 4.78 is 0. The van der Waals surface area contributed by atoms with Crippen LogP contribution in [-0.4, -0.2) is 15.8 Å². The molecule has 0 saturated carbocycles. The summed E-state index contributed by atoms with van der Waals surface area (Å²) in [5.41, 5.74) is 0.103. The van der Waals surface area contributed by atoms with Crippen LogP contribution in [0.15, 0.2) is 12.1 Å². The fourth-order valence-electron chi connectivity index (χ4n) is 1.12. The van der Waals surface area contributed by atoms with E-state index in [4.69, 9.17) is 0 Å². The second-order valence-corrected chi connectivity index (χ2v) is 2.97. The Balaban J connectivity index is 3.46. The van der Waals surface area contributed by atoms with Crippen LogP contribution >= 0.6 is 0 Å². The van der Waals surface area contributed by atoms with Crippen molar-refractivity contribution >= 4 is 11.5 Å². The molecule has 1 rings (SSSR count). The van der Waals surface area contributed by atoms with Gasteiger partial charge in [0.1, 0.15) is 5.75 Å². The maximum atomic E-state index is 11.0. The van der Waals surface area contributed by atoms with E-state index >= 15 is 0 Å². The number of nitro benzene ring substituents is 1. The molecule has 0 saturated heterocycles. The van der Waals surface area contributed by atoms with Crippen molar-refractivity contribution in [3.8, 4) is 5.75 Å². The highest BCUT2D eigenvalue weighted by molar-refractivity contribution is 5.98. The Morgan fingerprint density at radius 2 is 2.07 bits per heavy atom. The summed E-state index contributed by atoms with van der Waals surface area (Å²) in [4.78, 5) is 20.9. The molecule has 0 bridgehead atoms. The van der Waals surface area contributed by atoms with Crippen LogP contribution in [0.25, 0.3) is 0 Å². The summed E-state index contributed by atoms with van der Waals surface area (Å²) in [6.45, 7) is 2.82. The first-order valence-electron chi connectivity index (χ1n) is 3.92. The number of nitro groups is 1. The summed E-state index contributed by atoms with van der Waals surface area (Å²) in [6.07, 6.45) is 0. The number of nitrogens with zero attached hydrogens (tertiary/aromatic N) is 1. The molecule has 0 radical (unpaired) electrons. The Kier molecular flexibility index (Phi) is 2.51. The Morgan fingerprint density at radius 3 is 2.50 bits per heavy atom. The monoisotopic (exact) mass is 195 g/mol. The fraction of sp³-hybridized carbons (Fsp3) is 0.222. The van der Waals surface area contributed by atoms with E-state index in [0.29, 0.717) is 5.56 Å². The molecule has 0 aromatic heterocycles. The van der Waals surface area contributed by atoms with Gasteiger partial charge in [-0.1, -0.05) is 0 Å². The number of benzene rings is 1. The first kappa shape index (κ1) is 10.2. The van der Waals surface area contributed by atoms with Crippen LogP contribution in [0.2, 0.25) is 0 Å². The lowest BCUT2D eigenvalue weighted by atomic mass is 10.1. The number of Topliss-reactive ketones (excluding diaryl/α,β-unsaturated/α-hetero) is 1. The zero-order valence-electron chi connectivity index (χ0n) is 7.77. The molecule has 0 spiro atoms. The van der Waals surface area contributed by atoms with E-state index in [1.165, 1.54) is 13.0 Å². The van der Waals surface area contributed by atoms with Gasteiger partial charge in [0.15, 0.2) is 5.78 Å². The van der Waals surface area contributed by atoms with E-state index in [1.807, 2.05) is 0 Å². The predicted molar refractivity (Wildman–Crippen MR) is 49.5 cm³/mol. The number of carbonyl (C=O) groups excluding carboxylic acids is 1. The Morgan fingerprint density at radius 1 is 1.50 bits per heavy atom. The smallest absolute Gasteiger partial charge is 0.283 e. The minimum atomic E-state index is -0.685. The van der Waals surface area contributed by atoms with Crippen molar-refractivity contribution in [1.82, 2.24) is 0 Å². The molecule has 0 atom stereocenters. The van der Waals surface area contributed by atoms with Crippen LogP contribution in [0.3, 0.4) is 0 Å². The van der Waals surface area contributed by atoms with Crippen LogP contribution in [-0.2, 0) is 0 Å². The molecule has 1 aromatic rings. The van der Waals surface area contributed by atoms with Crippen LogP contribution in [0.5, 0.6) is 5.75 Å². The van der Waals surface area contributed by atoms with E-state index < -0.39 is 4.92 Å². The van der Waals surface area contributed by atoms with Crippen molar-refractivity contribution in [3.05, 3.63) is 33.4 Å². The lowest BCUT2D eigenvalue weighted by Gasteiger charge is -2.02. The number of hydrogen-bond acceptors (Lipinski definition) is 4. The number of phenols is 1. The van der Waals surface area contributed by atoms with Gasteiger partial charge in [-0.15, -0.1) is 0 Å². The average Bonchev–Trinajstić information content (AvgIpc) is 2.08. The quantitative estimate of drug-likeness (QED) is 0.443. The molecule has 0 heterocycles. The molecule has 1 aromatic carbocycles. The van der Waals surface area contributed by atoms with Crippen molar-refractivity contribution in [1.29, 1.82) is 0 Å². The number of aryl methyl sites for hydroxylation is 1. The van der Waals surface area contributed by atoms with Crippen LogP contribution in [0.1, 0.15) is 22.8 Å². The number of hydrogen-bond donors (Lipinski definition) is 1. The number of carbonyl (C=O) groups is 1.